The first-order chi connectivity index (χ1) is 21.0. The number of benzene rings is 1. The number of amides is 2. The van der Waals surface area contributed by atoms with E-state index in [0.717, 1.165) is 72.2 Å². The van der Waals surface area contributed by atoms with Crippen LogP contribution >= 0.6 is 0 Å². The fraction of sp³-hybridized carbons (Fsp3) is 0.344. The molecule has 0 unspecified atom stereocenters. The number of anilines is 1. The van der Waals surface area contributed by atoms with Crippen molar-refractivity contribution in [1.29, 1.82) is 0 Å². The summed E-state index contributed by atoms with van der Waals surface area (Å²) in [6.07, 6.45) is 10.7. The molecule has 2 saturated heterocycles. The third-order valence-electron chi connectivity index (χ3n) is 9.11. The van der Waals surface area contributed by atoms with E-state index in [2.05, 4.69) is 20.5 Å². The van der Waals surface area contributed by atoms with Gasteiger partial charge in [0.2, 0.25) is 11.7 Å². The van der Waals surface area contributed by atoms with Gasteiger partial charge in [-0.3, -0.25) is 19.7 Å². The number of hydrogen-bond donors (Lipinski definition) is 2. The molecule has 216 valence electrons. The maximum absolute atomic E-state index is 13.3. The predicted molar refractivity (Wildman–Crippen MR) is 159 cm³/mol. The molecule has 3 aliphatic rings. The van der Waals surface area contributed by atoms with Crippen molar-refractivity contribution >= 4 is 23.3 Å². The number of pyridine rings is 1. The number of rotatable bonds is 6. The van der Waals surface area contributed by atoms with Crippen LogP contribution in [-0.2, 0) is 4.79 Å². The third kappa shape index (κ3) is 4.46. The fourth-order valence-electron chi connectivity index (χ4n) is 7.09. The van der Waals surface area contributed by atoms with Gasteiger partial charge in [0.1, 0.15) is 12.1 Å². The van der Waals surface area contributed by atoms with Crippen molar-refractivity contribution in [2.24, 2.45) is 0 Å². The molecule has 0 radical (unpaired) electrons. The summed E-state index contributed by atoms with van der Waals surface area (Å²) in [5, 5.41) is 14.5. The Morgan fingerprint density at radius 2 is 1.70 bits per heavy atom. The first-order valence-electron chi connectivity index (χ1n) is 14.9. The number of nitrogens with zero attached hydrogens (tertiary/aromatic N) is 7. The molecule has 43 heavy (non-hydrogen) atoms. The number of fused-ring (bicyclic) bond motifs is 3. The van der Waals surface area contributed by atoms with Gasteiger partial charge in [0.15, 0.2) is 5.65 Å². The summed E-state index contributed by atoms with van der Waals surface area (Å²) < 4.78 is 1.79. The number of carbonyl (C=O) groups is 2. The smallest absolute Gasteiger partial charge is 0.291 e. The van der Waals surface area contributed by atoms with Gasteiger partial charge >= 0.3 is 0 Å². The van der Waals surface area contributed by atoms with Crippen LogP contribution in [-0.4, -0.2) is 63.6 Å². The normalized spacial score (nSPS) is 21.3. The van der Waals surface area contributed by atoms with Gasteiger partial charge in [-0.15, -0.1) is 0 Å². The van der Waals surface area contributed by atoms with Crippen LogP contribution in [0.3, 0.4) is 0 Å². The maximum Gasteiger partial charge on any atom is 0.291 e. The second-order valence-electron chi connectivity index (χ2n) is 11.9. The van der Waals surface area contributed by atoms with E-state index in [4.69, 9.17) is 15.1 Å². The van der Waals surface area contributed by atoms with Crippen LogP contribution in [0.25, 0.3) is 28.0 Å². The van der Waals surface area contributed by atoms with E-state index in [1.54, 1.807) is 4.52 Å². The Kier molecular flexibility index (Phi) is 6.06. The van der Waals surface area contributed by atoms with Gasteiger partial charge in [-0.25, -0.2) is 9.97 Å². The zero-order chi connectivity index (χ0) is 29.1. The summed E-state index contributed by atoms with van der Waals surface area (Å²) in [6.45, 7) is 1.53. The lowest BCUT2D eigenvalue weighted by Gasteiger charge is -2.39. The van der Waals surface area contributed by atoms with Crippen molar-refractivity contribution in [3.05, 3.63) is 78.3 Å². The highest BCUT2D eigenvalue weighted by atomic mass is 16.2. The van der Waals surface area contributed by atoms with E-state index in [1.807, 2.05) is 59.8 Å². The number of aromatic nitrogens is 7. The Balaban J connectivity index is 1.20. The van der Waals surface area contributed by atoms with Gasteiger partial charge in [-0.2, -0.15) is 14.7 Å². The maximum atomic E-state index is 13.3. The quantitative estimate of drug-likeness (QED) is 0.293. The minimum atomic E-state index is -0.140. The summed E-state index contributed by atoms with van der Waals surface area (Å²) in [7, 11) is 0. The van der Waals surface area contributed by atoms with Crippen LogP contribution in [0, 0.1) is 0 Å². The molecule has 6 heterocycles. The molecular weight excluding hydrogens is 542 g/mol. The predicted octanol–water partition coefficient (Wildman–Crippen LogP) is 4.96. The largest absolute Gasteiger partial charge is 0.330 e. The molecule has 3 fully saturated rings. The number of nitrogens with one attached hydrogen (secondary N) is 2. The topological polar surface area (TPSA) is 134 Å². The molecule has 1 aromatic carbocycles. The van der Waals surface area contributed by atoms with Gasteiger partial charge in [0, 0.05) is 53.4 Å². The Bertz CT molecular complexity index is 1810. The van der Waals surface area contributed by atoms with Gasteiger partial charge in [0.25, 0.3) is 5.91 Å². The Labute approximate surface area is 247 Å². The van der Waals surface area contributed by atoms with Crippen molar-refractivity contribution in [1.82, 2.24) is 39.7 Å². The number of aromatic amines is 1. The van der Waals surface area contributed by atoms with E-state index in [9.17, 15) is 9.59 Å². The molecule has 2 bridgehead atoms. The van der Waals surface area contributed by atoms with Crippen molar-refractivity contribution in [3.8, 4) is 22.4 Å². The van der Waals surface area contributed by atoms with E-state index < -0.39 is 0 Å². The minimum absolute atomic E-state index is 0.0854. The number of carbonyl (C=O) groups excluding carboxylic acids is 2. The average molecular weight is 574 g/mol. The Hall–Kier alpha value is -4.93. The first kappa shape index (κ1) is 25.8. The minimum Gasteiger partial charge on any atom is -0.330 e. The summed E-state index contributed by atoms with van der Waals surface area (Å²) in [6, 6.07) is 14.4. The summed E-state index contributed by atoms with van der Waals surface area (Å²) in [5.74, 6) is 1.27. The van der Waals surface area contributed by atoms with E-state index in [1.165, 1.54) is 13.3 Å². The highest BCUT2D eigenvalue weighted by Crippen LogP contribution is 2.51. The standard InChI is InChI=1S/C32H31N9O2/c1-18(42)37-31-27(20-7-8-20)28(22-13-23-10-11-24(14-22)40(23)32(43)29-34-17-35-39-29)38-30-25(16-36-41(30)31)21-9-12-26(33-15-21)19-5-3-2-4-6-19/h2-6,9,12,15-17,20,22-24H,7-8,10-11,13-14H2,1H3,(H,37,42)(H,34,35,39)/t23-,24-/m1/s1. The summed E-state index contributed by atoms with van der Waals surface area (Å²) >= 11 is 0. The average Bonchev–Trinajstić information content (AvgIpc) is 3.41. The molecule has 11 nitrogen and oxygen atoms in total. The number of hydrogen-bond acceptors (Lipinski definition) is 7. The molecule has 11 heteroatoms. The molecular formula is C32H31N9O2. The Morgan fingerprint density at radius 3 is 2.35 bits per heavy atom. The van der Waals surface area contributed by atoms with Crippen molar-refractivity contribution in [2.75, 3.05) is 5.32 Å². The number of piperidine rings is 1. The van der Waals surface area contributed by atoms with Crippen LogP contribution < -0.4 is 5.32 Å². The molecule has 2 N–H and O–H groups in total. The first-order valence-corrected chi connectivity index (χ1v) is 14.9. The zero-order valence-electron chi connectivity index (χ0n) is 23.8. The van der Waals surface area contributed by atoms with Gasteiger partial charge in [-0.1, -0.05) is 36.4 Å². The summed E-state index contributed by atoms with van der Waals surface area (Å²) in [5.41, 5.74) is 6.54. The van der Waals surface area contributed by atoms with Crippen LogP contribution in [0.15, 0.2) is 61.2 Å². The number of H-pyrrole nitrogens is 1. The lowest BCUT2D eigenvalue weighted by molar-refractivity contribution is -0.114. The van der Waals surface area contributed by atoms with Crippen molar-refractivity contribution < 1.29 is 9.59 Å². The molecule has 4 aromatic heterocycles. The van der Waals surface area contributed by atoms with Crippen LogP contribution in [0.1, 0.15) is 79.2 Å². The molecule has 8 rings (SSSR count). The third-order valence-corrected chi connectivity index (χ3v) is 9.11. The van der Waals surface area contributed by atoms with Crippen LogP contribution in [0.2, 0.25) is 0 Å². The van der Waals surface area contributed by atoms with Gasteiger partial charge in [0.05, 0.1) is 17.6 Å². The van der Waals surface area contributed by atoms with Crippen LogP contribution in [0.4, 0.5) is 5.82 Å². The molecule has 5 aromatic rings. The second kappa shape index (κ2) is 10.1. The Morgan fingerprint density at radius 1 is 0.907 bits per heavy atom. The van der Waals surface area contributed by atoms with Gasteiger partial charge < -0.3 is 10.2 Å². The van der Waals surface area contributed by atoms with Crippen LogP contribution in [0.5, 0.6) is 0 Å². The van der Waals surface area contributed by atoms with Crippen molar-refractivity contribution in [2.45, 2.75) is 69.4 Å². The molecule has 2 amide bonds. The fourth-order valence-corrected chi connectivity index (χ4v) is 7.09. The lowest BCUT2D eigenvalue weighted by atomic mass is 9.85. The van der Waals surface area contributed by atoms with Crippen molar-refractivity contribution in [3.63, 3.8) is 0 Å². The molecule has 1 aliphatic carbocycles. The lowest BCUT2D eigenvalue weighted by Crippen LogP contribution is -2.46. The SMILES string of the molecule is CC(=O)Nc1c(C2CC2)c(C2C[C@H]3CC[C@H](C2)N3C(=O)c2ncn[nH]2)nc2c(-c3ccc(-c4ccccc4)nc3)cnn12. The summed E-state index contributed by atoms with van der Waals surface area (Å²) in [4.78, 5) is 42.0. The molecule has 2 aliphatic heterocycles. The molecule has 2 atom stereocenters. The van der Waals surface area contributed by atoms with E-state index in [0.29, 0.717) is 17.4 Å². The monoisotopic (exact) mass is 573 g/mol. The molecule has 0 spiro atoms. The highest BCUT2D eigenvalue weighted by Gasteiger charge is 2.46. The zero-order valence-corrected chi connectivity index (χ0v) is 23.8. The highest BCUT2D eigenvalue weighted by molar-refractivity contribution is 5.91. The second-order valence-corrected chi connectivity index (χ2v) is 11.9. The molecule has 1 saturated carbocycles. The van der Waals surface area contributed by atoms with E-state index >= 15 is 0 Å². The van der Waals surface area contributed by atoms with E-state index in [-0.39, 0.29) is 35.6 Å². The van der Waals surface area contributed by atoms with Gasteiger partial charge in [-0.05, 0) is 50.5 Å².